The molecule has 2 saturated heterocycles. The van der Waals surface area contributed by atoms with Crippen molar-refractivity contribution in [1.82, 2.24) is 9.80 Å². The van der Waals surface area contributed by atoms with Crippen molar-refractivity contribution in [3.05, 3.63) is 0 Å². The zero-order valence-corrected chi connectivity index (χ0v) is 14.0. The Hall–Kier alpha value is -0.710. The first kappa shape index (κ1) is 15.7. The van der Waals surface area contributed by atoms with Crippen molar-refractivity contribution in [2.45, 2.75) is 45.9 Å². The van der Waals surface area contributed by atoms with Crippen LogP contribution >= 0.6 is 11.8 Å². The Bertz CT molecular complexity index is 409. The van der Waals surface area contributed by atoms with Crippen LogP contribution in [-0.2, 0) is 9.59 Å². The topological polar surface area (TPSA) is 40.6 Å². The fraction of sp³-hybridized carbons (Fsp3) is 0.867. The van der Waals surface area contributed by atoms with Gasteiger partial charge in [-0.3, -0.25) is 9.59 Å². The zero-order valence-electron chi connectivity index (χ0n) is 13.2. The minimum atomic E-state index is -0.347. The van der Waals surface area contributed by atoms with Crippen molar-refractivity contribution < 1.29 is 9.59 Å². The second-order valence-electron chi connectivity index (χ2n) is 7.35. The Balaban J connectivity index is 2.00. The van der Waals surface area contributed by atoms with Crippen molar-refractivity contribution in [2.75, 3.05) is 25.4 Å². The smallest absolute Gasteiger partial charge is 0.229 e. The Morgan fingerprint density at radius 2 is 1.85 bits per heavy atom. The second-order valence-corrected chi connectivity index (χ2v) is 8.81. The summed E-state index contributed by atoms with van der Waals surface area (Å²) in [7, 11) is 0. The van der Waals surface area contributed by atoms with Gasteiger partial charge in [0.1, 0.15) is 4.87 Å². The van der Waals surface area contributed by atoms with Gasteiger partial charge in [0.25, 0.3) is 0 Å². The standard InChI is InChI=1S/C15H26N2O2S/c1-11(2)8-12(18)16-9-15(10-16)17(6-7-20-15)13(19)14(3,4)5/h11H,6-10H2,1-5H3. The van der Waals surface area contributed by atoms with E-state index in [0.29, 0.717) is 25.4 Å². The quantitative estimate of drug-likeness (QED) is 0.784. The van der Waals surface area contributed by atoms with Crippen LogP contribution in [0.15, 0.2) is 0 Å². The summed E-state index contributed by atoms with van der Waals surface area (Å²) in [5.74, 6) is 1.80. The van der Waals surface area contributed by atoms with Crippen molar-refractivity contribution in [2.24, 2.45) is 11.3 Å². The summed E-state index contributed by atoms with van der Waals surface area (Å²) >= 11 is 1.84. The van der Waals surface area contributed by atoms with E-state index in [2.05, 4.69) is 13.8 Å². The fourth-order valence-electron chi connectivity index (χ4n) is 2.77. The van der Waals surface area contributed by atoms with Crippen LogP contribution < -0.4 is 0 Å². The molecule has 2 rings (SSSR count). The van der Waals surface area contributed by atoms with Gasteiger partial charge in [0, 0.05) is 24.1 Å². The van der Waals surface area contributed by atoms with E-state index in [0.717, 1.165) is 12.3 Å². The van der Waals surface area contributed by atoms with Gasteiger partial charge in [-0.15, -0.1) is 11.8 Å². The number of thioether (sulfide) groups is 1. The minimum absolute atomic E-state index is 0.142. The van der Waals surface area contributed by atoms with Gasteiger partial charge in [-0.05, 0) is 5.92 Å². The van der Waals surface area contributed by atoms with Gasteiger partial charge in [0.15, 0.2) is 0 Å². The molecule has 0 aromatic carbocycles. The molecule has 5 heteroatoms. The molecule has 0 radical (unpaired) electrons. The van der Waals surface area contributed by atoms with Gasteiger partial charge in [0.2, 0.25) is 11.8 Å². The molecular formula is C15H26N2O2S. The summed E-state index contributed by atoms with van der Waals surface area (Å²) in [4.78, 5) is 28.4. The molecular weight excluding hydrogens is 272 g/mol. The highest BCUT2D eigenvalue weighted by atomic mass is 32.2. The molecule has 2 fully saturated rings. The minimum Gasteiger partial charge on any atom is -0.336 e. The third-order valence-corrected chi connectivity index (χ3v) is 5.28. The molecule has 2 aliphatic rings. The third-order valence-electron chi connectivity index (χ3n) is 3.88. The van der Waals surface area contributed by atoms with Crippen LogP contribution in [0, 0.1) is 11.3 Å². The normalized spacial score (nSPS) is 21.5. The highest BCUT2D eigenvalue weighted by molar-refractivity contribution is 8.01. The Kier molecular flexibility index (Phi) is 4.11. The molecule has 0 N–H and O–H groups in total. The van der Waals surface area contributed by atoms with E-state index in [9.17, 15) is 9.59 Å². The molecule has 2 amide bonds. The fourth-order valence-corrected chi connectivity index (χ4v) is 4.25. The van der Waals surface area contributed by atoms with Crippen LogP contribution in [0.25, 0.3) is 0 Å². The van der Waals surface area contributed by atoms with Crippen LogP contribution in [0.3, 0.4) is 0 Å². The summed E-state index contributed by atoms with van der Waals surface area (Å²) in [6.07, 6.45) is 0.605. The van der Waals surface area contributed by atoms with Gasteiger partial charge in [-0.25, -0.2) is 0 Å². The van der Waals surface area contributed by atoms with E-state index in [1.54, 1.807) is 0 Å². The maximum absolute atomic E-state index is 12.5. The lowest BCUT2D eigenvalue weighted by Crippen LogP contribution is -2.69. The molecule has 20 heavy (non-hydrogen) atoms. The molecule has 0 saturated carbocycles. The maximum atomic E-state index is 12.5. The first-order chi connectivity index (χ1) is 9.16. The number of hydrogen-bond acceptors (Lipinski definition) is 3. The van der Waals surface area contributed by atoms with Gasteiger partial charge < -0.3 is 9.80 Å². The van der Waals surface area contributed by atoms with Crippen molar-refractivity contribution in [3.63, 3.8) is 0 Å². The van der Waals surface area contributed by atoms with Crippen LogP contribution in [0.4, 0.5) is 0 Å². The van der Waals surface area contributed by atoms with Gasteiger partial charge in [-0.1, -0.05) is 34.6 Å². The largest absolute Gasteiger partial charge is 0.336 e. The Morgan fingerprint density at radius 1 is 1.25 bits per heavy atom. The van der Waals surface area contributed by atoms with Crippen LogP contribution in [-0.4, -0.2) is 51.9 Å². The molecule has 0 atom stereocenters. The summed E-state index contributed by atoms with van der Waals surface area (Å²) in [5, 5.41) is 0. The molecule has 0 aromatic rings. The zero-order chi connectivity index (χ0) is 15.1. The van der Waals surface area contributed by atoms with Crippen molar-refractivity contribution >= 4 is 23.6 Å². The number of hydrogen-bond donors (Lipinski definition) is 0. The van der Waals surface area contributed by atoms with Gasteiger partial charge >= 0.3 is 0 Å². The van der Waals surface area contributed by atoms with Crippen LogP contribution in [0.1, 0.15) is 41.0 Å². The Labute approximate surface area is 126 Å². The number of rotatable bonds is 2. The molecule has 1 spiro atoms. The number of amides is 2. The highest BCUT2D eigenvalue weighted by Crippen LogP contribution is 2.45. The van der Waals surface area contributed by atoms with Gasteiger partial charge in [0.05, 0.1) is 13.1 Å². The van der Waals surface area contributed by atoms with Crippen LogP contribution in [0.5, 0.6) is 0 Å². The summed E-state index contributed by atoms with van der Waals surface area (Å²) in [6.45, 7) is 12.2. The summed E-state index contributed by atoms with van der Waals surface area (Å²) in [5.41, 5.74) is -0.347. The second kappa shape index (κ2) is 5.24. The first-order valence-corrected chi connectivity index (χ1v) is 8.38. The molecule has 114 valence electrons. The van der Waals surface area contributed by atoms with E-state index < -0.39 is 0 Å². The third kappa shape index (κ3) is 2.83. The van der Waals surface area contributed by atoms with Crippen molar-refractivity contribution in [1.29, 1.82) is 0 Å². The molecule has 4 nitrogen and oxygen atoms in total. The molecule has 0 unspecified atom stereocenters. The predicted molar refractivity (Wildman–Crippen MR) is 82.4 cm³/mol. The van der Waals surface area contributed by atoms with E-state index in [1.165, 1.54) is 0 Å². The van der Waals surface area contributed by atoms with E-state index >= 15 is 0 Å². The molecule has 2 heterocycles. The number of nitrogens with zero attached hydrogens (tertiary/aromatic N) is 2. The number of carbonyl (C=O) groups is 2. The molecule has 2 aliphatic heterocycles. The first-order valence-electron chi connectivity index (χ1n) is 7.39. The average Bonchev–Trinajstić information content (AvgIpc) is 2.67. The number of carbonyl (C=O) groups excluding carboxylic acids is 2. The lowest BCUT2D eigenvalue weighted by molar-refractivity contribution is -0.153. The molecule has 0 aromatic heterocycles. The lowest BCUT2D eigenvalue weighted by atomic mass is 9.92. The number of likely N-dealkylation sites (tertiary alicyclic amines) is 1. The molecule has 0 bridgehead atoms. The van der Waals surface area contributed by atoms with E-state index in [-0.39, 0.29) is 22.1 Å². The maximum Gasteiger partial charge on any atom is 0.229 e. The van der Waals surface area contributed by atoms with E-state index in [4.69, 9.17) is 0 Å². The molecule has 0 aliphatic carbocycles. The summed E-state index contributed by atoms with van der Waals surface area (Å²) in [6, 6.07) is 0. The summed E-state index contributed by atoms with van der Waals surface area (Å²) < 4.78 is 0. The lowest BCUT2D eigenvalue weighted by Gasteiger charge is -2.52. The van der Waals surface area contributed by atoms with E-state index in [1.807, 2.05) is 42.3 Å². The Morgan fingerprint density at radius 3 is 2.35 bits per heavy atom. The average molecular weight is 298 g/mol. The van der Waals surface area contributed by atoms with Crippen LogP contribution in [0.2, 0.25) is 0 Å². The van der Waals surface area contributed by atoms with Gasteiger partial charge in [-0.2, -0.15) is 0 Å². The SMILES string of the molecule is CC(C)CC(=O)N1CC2(C1)SCCN2C(=O)C(C)(C)C. The predicted octanol–water partition coefficient (Wildman–Crippen LogP) is 2.19. The monoisotopic (exact) mass is 298 g/mol. The highest BCUT2D eigenvalue weighted by Gasteiger charge is 2.55. The van der Waals surface area contributed by atoms with Crippen molar-refractivity contribution in [3.8, 4) is 0 Å².